The van der Waals surface area contributed by atoms with E-state index >= 15 is 0 Å². The lowest BCUT2D eigenvalue weighted by atomic mass is 9.95. The van der Waals surface area contributed by atoms with Gasteiger partial charge in [0.2, 0.25) is 0 Å². The molecule has 2 N–H and O–H groups in total. The standard InChI is InChI=1S/C15H16FN3S/c16-13-3-1-11(2-4-13)7-12(9-17)8-14-10-19-5-6-20-15(19)18-14/h1-6,10,12H,7-9,17H2. The van der Waals surface area contributed by atoms with E-state index < -0.39 is 0 Å². The Morgan fingerprint density at radius 2 is 2.05 bits per heavy atom. The van der Waals surface area contributed by atoms with Crippen molar-refractivity contribution in [3.05, 3.63) is 59.1 Å². The van der Waals surface area contributed by atoms with Gasteiger partial charge in [0.15, 0.2) is 4.96 Å². The zero-order chi connectivity index (χ0) is 13.9. The molecule has 0 fully saturated rings. The molecule has 1 atom stereocenters. The summed E-state index contributed by atoms with van der Waals surface area (Å²) in [6.45, 7) is 0.600. The average molecular weight is 289 g/mol. The van der Waals surface area contributed by atoms with Crippen LogP contribution < -0.4 is 5.73 Å². The van der Waals surface area contributed by atoms with Gasteiger partial charge in [-0.2, -0.15) is 0 Å². The van der Waals surface area contributed by atoms with E-state index in [-0.39, 0.29) is 5.82 Å². The topological polar surface area (TPSA) is 43.3 Å². The molecule has 104 valence electrons. The van der Waals surface area contributed by atoms with E-state index in [0.29, 0.717) is 12.5 Å². The molecule has 3 nitrogen and oxygen atoms in total. The third-order valence-corrected chi connectivity index (χ3v) is 4.18. The van der Waals surface area contributed by atoms with Crippen molar-refractivity contribution < 1.29 is 4.39 Å². The van der Waals surface area contributed by atoms with Gasteiger partial charge in [0.05, 0.1) is 5.69 Å². The molecule has 0 saturated heterocycles. The third-order valence-electron chi connectivity index (χ3n) is 3.41. The van der Waals surface area contributed by atoms with E-state index in [1.54, 1.807) is 11.3 Å². The molecule has 0 bridgehead atoms. The van der Waals surface area contributed by atoms with Gasteiger partial charge in [0, 0.05) is 17.8 Å². The second kappa shape index (κ2) is 5.73. The van der Waals surface area contributed by atoms with Crippen LogP contribution in [-0.4, -0.2) is 15.9 Å². The molecule has 1 unspecified atom stereocenters. The van der Waals surface area contributed by atoms with Crippen molar-refractivity contribution in [3.8, 4) is 0 Å². The summed E-state index contributed by atoms with van der Waals surface area (Å²) in [5.41, 5.74) is 8.04. The lowest BCUT2D eigenvalue weighted by Gasteiger charge is -2.13. The molecule has 0 aliphatic carbocycles. The number of thiazole rings is 1. The Morgan fingerprint density at radius 1 is 1.25 bits per heavy atom. The summed E-state index contributed by atoms with van der Waals surface area (Å²) in [6, 6.07) is 6.64. The number of hydrogen-bond acceptors (Lipinski definition) is 3. The minimum absolute atomic E-state index is 0.201. The number of fused-ring (bicyclic) bond motifs is 1. The van der Waals surface area contributed by atoms with Crippen molar-refractivity contribution in [2.45, 2.75) is 12.8 Å². The van der Waals surface area contributed by atoms with E-state index in [9.17, 15) is 4.39 Å². The summed E-state index contributed by atoms with van der Waals surface area (Å²) in [7, 11) is 0. The Morgan fingerprint density at radius 3 is 2.75 bits per heavy atom. The van der Waals surface area contributed by atoms with Gasteiger partial charge < -0.3 is 5.73 Å². The molecule has 0 spiro atoms. The summed E-state index contributed by atoms with van der Waals surface area (Å²) in [4.78, 5) is 5.59. The van der Waals surface area contributed by atoms with Gasteiger partial charge in [-0.15, -0.1) is 11.3 Å². The van der Waals surface area contributed by atoms with Crippen LogP contribution in [0.3, 0.4) is 0 Å². The van der Waals surface area contributed by atoms with Gasteiger partial charge in [-0.05, 0) is 43.0 Å². The molecule has 5 heteroatoms. The maximum Gasteiger partial charge on any atom is 0.193 e. The first-order valence-corrected chi connectivity index (χ1v) is 7.48. The number of rotatable bonds is 5. The van der Waals surface area contributed by atoms with Crippen LogP contribution >= 0.6 is 11.3 Å². The molecule has 1 aromatic carbocycles. The van der Waals surface area contributed by atoms with E-state index in [1.165, 1.54) is 12.1 Å². The Kier molecular flexibility index (Phi) is 3.80. The first kappa shape index (κ1) is 13.3. The predicted octanol–water partition coefficient (Wildman–Crippen LogP) is 2.90. The van der Waals surface area contributed by atoms with Crippen LogP contribution in [0.4, 0.5) is 4.39 Å². The quantitative estimate of drug-likeness (QED) is 0.785. The Balaban J connectivity index is 1.70. The van der Waals surface area contributed by atoms with E-state index in [0.717, 1.165) is 29.1 Å². The lowest BCUT2D eigenvalue weighted by Crippen LogP contribution is -2.19. The van der Waals surface area contributed by atoms with Crippen LogP contribution in [0.1, 0.15) is 11.3 Å². The van der Waals surface area contributed by atoms with E-state index in [4.69, 9.17) is 5.73 Å². The number of hydrogen-bond donors (Lipinski definition) is 1. The molecule has 0 radical (unpaired) electrons. The molecule has 2 aromatic heterocycles. The maximum atomic E-state index is 12.9. The van der Waals surface area contributed by atoms with Gasteiger partial charge in [0.25, 0.3) is 0 Å². The molecule has 0 amide bonds. The molecule has 3 aromatic rings. The second-order valence-corrected chi connectivity index (χ2v) is 5.83. The van der Waals surface area contributed by atoms with Crippen molar-refractivity contribution in [1.82, 2.24) is 9.38 Å². The zero-order valence-corrected chi connectivity index (χ0v) is 11.8. The third kappa shape index (κ3) is 2.89. The fourth-order valence-electron chi connectivity index (χ4n) is 2.36. The van der Waals surface area contributed by atoms with Gasteiger partial charge in [-0.1, -0.05) is 12.1 Å². The molecular formula is C15H16FN3S. The highest BCUT2D eigenvalue weighted by Gasteiger charge is 2.12. The highest BCUT2D eigenvalue weighted by molar-refractivity contribution is 7.15. The smallest absolute Gasteiger partial charge is 0.193 e. The highest BCUT2D eigenvalue weighted by Crippen LogP contribution is 2.17. The molecule has 0 aliphatic rings. The summed E-state index contributed by atoms with van der Waals surface area (Å²) in [5, 5.41) is 2.02. The average Bonchev–Trinajstić information content (AvgIpc) is 3.01. The number of imidazole rings is 1. The monoisotopic (exact) mass is 289 g/mol. The predicted molar refractivity (Wildman–Crippen MR) is 79.4 cm³/mol. The fraction of sp³-hybridized carbons (Fsp3) is 0.267. The Labute approximate surface area is 120 Å². The molecule has 2 heterocycles. The molecule has 0 saturated carbocycles. The number of aromatic nitrogens is 2. The van der Waals surface area contributed by atoms with Crippen molar-refractivity contribution in [2.24, 2.45) is 11.7 Å². The van der Waals surface area contributed by atoms with E-state index in [2.05, 4.69) is 11.2 Å². The number of benzene rings is 1. The summed E-state index contributed by atoms with van der Waals surface area (Å²) < 4.78 is 14.9. The Hall–Kier alpha value is -1.72. The lowest BCUT2D eigenvalue weighted by molar-refractivity contribution is 0.527. The van der Waals surface area contributed by atoms with Crippen molar-refractivity contribution in [3.63, 3.8) is 0 Å². The van der Waals surface area contributed by atoms with Crippen LogP contribution in [0.25, 0.3) is 4.96 Å². The van der Waals surface area contributed by atoms with E-state index in [1.807, 2.05) is 28.1 Å². The van der Waals surface area contributed by atoms with Crippen LogP contribution in [0.2, 0.25) is 0 Å². The first-order valence-electron chi connectivity index (χ1n) is 6.60. The van der Waals surface area contributed by atoms with Gasteiger partial charge in [-0.3, -0.25) is 4.40 Å². The summed E-state index contributed by atoms with van der Waals surface area (Å²) in [5.74, 6) is 0.123. The number of nitrogens with two attached hydrogens (primary N) is 1. The molecular weight excluding hydrogens is 273 g/mol. The zero-order valence-electron chi connectivity index (χ0n) is 11.0. The minimum Gasteiger partial charge on any atom is -0.330 e. The van der Waals surface area contributed by atoms with Crippen LogP contribution in [0.15, 0.2) is 42.0 Å². The minimum atomic E-state index is -0.201. The van der Waals surface area contributed by atoms with Crippen molar-refractivity contribution in [1.29, 1.82) is 0 Å². The summed E-state index contributed by atoms with van der Waals surface area (Å²) >= 11 is 1.63. The fourth-order valence-corrected chi connectivity index (χ4v) is 3.08. The van der Waals surface area contributed by atoms with Gasteiger partial charge in [-0.25, -0.2) is 9.37 Å². The van der Waals surface area contributed by atoms with Gasteiger partial charge >= 0.3 is 0 Å². The van der Waals surface area contributed by atoms with Crippen LogP contribution in [-0.2, 0) is 12.8 Å². The van der Waals surface area contributed by atoms with Crippen molar-refractivity contribution >= 4 is 16.3 Å². The Bertz CT molecular complexity index is 658. The molecule has 0 aliphatic heterocycles. The number of halogens is 1. The highest BCUT2D eigenvalue weighted by atomic mass is 32.1. The second-order valence-electron chi connectivity index (χ2n) is 4.96. The van der Waals surface area contributed by atoms with Crippen LogP contribution in [0, 0.1) is 11.7 Å². The SMILES string of the molecule is NCC(Cc1ccc(F)cc1)Cc1cn2ccsc2n1. The molecule has 20 heavy (non-hydrogen) atoms. The normalized spacial score (nSPS) is 12.9. The largest absolute Gasteiger partial charge is 0.330 e. The van der Waals surface area contributed by atoms with Gasteiger partial charge in [0.1, 0.15) is 5.82 Å². The van der Waals surface area contributed by atoms with Crippen LogP contribution in [0.5, 0.6) is 0 Å². The first-order chi connectivity index (χ1) is 9.74. The molecule has 3 rings (SSSR count). The summed E-state index contributed by atoms with van der Waals surface area (Å²) in [6.07, 6.45) is 5.76. The van der Waals surface area contributed by atoms with Crippen molar-refractivity contribution in [2.75, 3.05) is 6.54 Å². The number of nitrogens with zero attached hydrogens (tertiary/aromatic N) is 2. The maximum absolute atomic E-state index is 12.9.